The predicted octanol–water partition coefficient (Wildman–Crippen LogP) is 2.92. The first-order valence-corrected chi connectivity index (χ1v) is 6.91. The lowest BCUT2D eigenvalue weighted by atomic mass is 9.92. The number of nitrogens with two attached hydrogens (primary N) is 1. The van der Waals surface area contributed by atoms with Gasteiger partial charge in [0.2, 0.25) is 0 Å². The Labute approximate surface area is 121 Å². The minimum atomic E-state index is -0.590. The van der Waals surface area contributed by atoms with Gasteiger partial charge in [-0.3, -0.25) is 10.1 Å². The van der Waals surface area contributed by atoms with Crippen molar-refractivity contribution in [1.29, 1.82) is 0 Å². The molecule has 1 aliphatic carbocycles. The highest BCUT2D eigenvalue weighted by atomic mass is 19.1. The second-order valence-corrected chi connectivity index (χ2v) is 5.48. The normalized spacial score (nSPS) is 17.5. The molecule has 1 heterocycles. The largest absolute Gasteiger partial charge is 0.349 e. The Bertz CT molecular complexity index is 696. The first kappa shape index (κ1) is 13.8. The summed E-state index contributed by atoms with van der Waals surface area (Å²) in [5, 5.41) is 10.8. The predicted molar refractivity (Wildman–Crippen MR) is 76.5 cm³/mol. The van der Waals surface area contributed by atoms with Gasteiger partial charge in [0.05, 0.1) is 11.0 Å². The van der Waals surface area contributed by atoms with Crippen molar-refractivity contribution < 1.29 is 9.31 Å². The maximum Gasteiger partial charge on any atom is 0.272 e. The summed E-state index contributed by atoms with van der Waals surface area (Å²) in [5.41, 5.74) is 8.78. The molecule has 1 unspecified atom stereocenters. The van der Waals surface area contributed by atoms with E-state index in [1.807, 2.05) is 17.0 Å². The zero-order chi connectivity index (χ0) is 15.0. The second-order valence-electron chi connectivity index (χ2n) is 5.48. The van der Waals surface area contributed by atoms with Gasteiger partial charge in [0.1, 0.15) is 5.82 Å². The van der Waals surface area contributed by atoms with Crippen LogP contribution >= 0.6 is 0 Å². The Morgan fingerprint density at radius 3 is 2.90 bits per heavy atom. The van der Waals surface area contributed by atoms with E-state index >= 15 is 0 Å². The molecule has 0 aliphatic heterocycles. The molecule has 0 saturated heterocycles. The zero-order valence-corrected chi connectivity index (χ0v) is 11.5. The van der Waals surface area contributed by atoms with E-state index in [1.54, 1.807) is 0 Å². The molecular formula is C15H16FN3O2. The van der Waals surface area contributed by atoms with Crippen LogP contribution in [0.15, 0.2) is 30.6 Å². The van der Waals surface area contributed by atoms with Crippen molar-refractivity contribution >= 4 is 5.69 Å². The number of rotatable bonds is 3. The average Bonchev–Trinajstić information content (AvgIpc) is 2.82. The first-order chi connectivity index (χ1) is 10.0. The Balaban J connectivity index is 1.89. The van der Waals surface area contributed by atoms with Gasteiger partial charge < -0.3 is 10.3 Å². The van der Waals surface area contributed by atoms with Gasteiger partial charge in [-0.15, -0.1) is 0 Å². The molecule has 1 aliphatic rings. The summed E-state index contributed by atoms with van der Waals surface area (Å²) in [5.74, 6) is -0.590. The average molecular weight is 289 g/mol. The topological polar surface area (TPSA) is 74.1 Å². The van der Waals surface area contributed by atoms with Gasteiger partial charge in [-0.05, 0) is 42.0 Å². The molecule has 5 nitrogen and oxygen atoms in total. The SMILES string of the molecule is NC1CCCc2cn(Cc3cc(F)cc([N+](=O)[O-])c3)cc21. The van der Waals surface area contributed by atoms with Crippen molar-refractivity contribution in [2.75, 3.05) is 0 Å². The van der Waals surface area contributed by atoms with Crippen molar-refractivity contribution in [3.05, 3.63) is 63.2 Å². The highest BCUT2D eigenvalue weighted by Gasteiger charge is 2.19. The highest BCUT2D eigenvalue weighted by Crippen LogP contribution is 2.29. The fraction of sp³-hybridized carbons (Fsp3) is 0.333. The quantitative estimate of drug-likeness (QED) is 0.697. The molecule has 3 rings (SSSR count). The van der Waals surface area contributed by atoms with E-state index in [2.05, 4.69) is 0 Å². The third-order valence-corrected chi connectivity index (χ3v) is 3.88. The molecule has 0 spiro atoms. The summed E-state index contributed by atoms with van der Waals surface area (Å²) < 4.78 is 15.4. The number of hydrogen-bond donors (Lipinski definition) is 1. The van der Waals surface area contributed by atoms with E-state index in [4.69, 9.17) is 5.73 Å². The number of aromatic nitrogens is 1. The van der Waals surface area contributed by atoms with Crippen molar-refractivity contribution in [1.82, 2.24) is 4.57 Å². The number of non-ortho nitro benzene ring substituents is 1. The molecule has 0 fully saturated rings. The van der Waals surface area contributed by atoms with Crippen molar-refractivity contribution in [3.8, 4) is 0 Å². The van der Waals surface area contributed by atoms with E-state index < -0.39 is 10.7 Å². The van der Waals surface area contributed by atoms with Crippen LogP contribution in [0.4, 0.5) is 10.1 Å². The number of fused-ring (bicyclic) bond motifs is 1. The summed E-state index contributed by atoms with van der Waals surface area (Å²) in [6.07, 6.45) is 7.02. The molecule has 1 aromatic carbocycles. The summed E-state index contributed by atoms with van der Waals surface area (Å²) in [6.45, 7) is 0.401. The van der Waals surface area contributed by atoms with E-state index in [1.165, 1.54) is 17.7 Å². The van der Waals surface area contributed by atoms with Gasteiger partial charge >= 0.3 is 0 Å². The van der Waals surface area contributed by atoms with Crippen LogP contribution in [0.3, 0.4) is 0 Å². The van der Waals surface area contributed by atoms with Crippen molar-refractivity contribution in [2.45, 2.75) is 31.8 Å². The Morgan fingerprint density at radius 1 is 1.38 bits per heavy atom. The molecule has 21 heavy (non-hydrogen) atoms. The third-order valence-electron chi connectivity index (χ3n) is 3.88. The Morgan fingerprint density at radius 2 is 2.19 bits per heavy atom. The minimum Gasteiger partial charge on any atom is -0.349 e. The van der Waals surface area contributed by atoms with Crippen LogP contribution in [0.2, 0.25) is 0 Å². The summed E-state index contributed by atoms with van der Waals surface area (Å²) in [4.78, 5) is 10.2. The van der Waals surface area contributed by atoms with Crippen LogP contribution in [0.25, 0.3) is 0 Å². The van der Waals surface area contributed by atoms with Crippen LogP contribution < -0.4 is 5.73 Å². The van der Waals surface area contributed by atoms with Crippen molar-refractivity contribution in [3.63, 3.8) is 0 Å². The fourth-order valence-electron chi connectivity index (χ4n) is 2.92. The number of aryl methyl sites for hydroxylation is 1. The highest BCUT2D eigenvalue weighted by molar-refractivity contribution is 5.36. The van der Waals surface area contributed by atoms with Gasteiger partial charge in [-0.1, -0.05) is 0 Å². The Kier molecular flexibility index (Phi) is 3.47. The van der Waals surface area contributed by atoms with Crippen molar-refractivity contribution in [2.24, 2.45) is 5.73 Å². The molecule has 0 radical (unpaired) electrons. The number of benzene rings is 1. The maximum absolute atomic E-state index is 13.4. The monoisotopic (exact) mass is 289 g/mol. The molecular weight excluding hydrogens is 273 g/mol. The molecule has 0 bridgehead atoms. The van der Waals surface area contributed by atoms with Gasteiger partial charge in [-0.2, -0.15) is 0 Å². The summed E-state index contributed by atoms with van der Waals surface area (Å²) >= 11 is 0. The van der Waals surface area contributed by atoms with Crippen LogP contribution in [0, 0.1) is 15.9 Å². The summed E-state index contributed by atoms with van der Waals surface area (Å²) in [7, 11) is 0. The molecule has 2 aromatic rings. The molecule has 1 aromatic heterocycles. The number of nitro groups is 1. The third kappa shape index (κ3) is 2.80. The van der Waals surface area contributed by atoms with Crippen LogP contribution in [0.5, 0.6) is 0 Å². The number of hydrogen-bond acceptors (Lipinski definition) is 3. The van der Waals surface area contributed by atoms with E-state index in [9.17, 15) is 14.5 Å². The molecule has 6 heteroatoms. The molecule has 110 valence electrons. The van der Waals surface area contributed by atoms with E-state index in [-0.39, 0.29) is 11.7 Å². The van der Waals surface area contributed by atoms with Crippen LogP contribution in [-0.4, -0.2) is 9.49 Å². The van der Waals surface area contributed by atoms with Gasteiger partial charge in [0, 0.05) is 31.0 Å². The zero-order valence-electron chi connectivity index (χ0n) is 11.5. The maximum atomic E-state index is 13.4. The molecule has 0 saturated carbocycles. The van der Waals surface area contributed by atoms with E-state index in [0.29, 0.717) is 12.1 Å². The van der Waals surface area contributed by atoms with Gasteiger partial charge in [0.15, 0.2) is 0 Å². The Hall–Kier alpha value is -2.21. The fourth-order valence-corrected chi connectivity index (χ4v) is 2.92. The molecule has 0 amide bonds. The summed E-state index contributed by atoms with van der Waals surface area (Å²) in [6, 6.07) is 3.71. The molecule has 1 atom stereocenters. The lowest BCUT2D eigenvalue weighted by molar-refractivity contribution is -0.385. The number of nitrogens with zero attached hydrogens (tertiary/aromatic N) is 2. The van der Waals surface area contributed by atoms with Crippen LogP contribution in [0.1, 0.15) is 35.6 Å². The first-order valence-electron chi connectivity index (χ1n) is 6.91. The van der Waals surface area contributed by atoms with Gasteiger partial charge in [0.25, 0.3) is 5.69 Å². The van der Waals surface area contributed by atoms with Crippen LogP contribution in [-0.2, 0) is 13.0 Å². The minimum absolute atomic E-state index is 0.0526. The number of halogens is 1. The van der Waals surface area contributed by atoms with Gasteiger partial charge in [-0.25, -0.2) is 4.39 Å². The lowest BCUT2D eigenvalue weighted by Crippen LogP contribution is -2.15. The lowest BCUT2D eigenvalue weighted by Gasteiger charge is -2.17. The standard InChI is InChI=1S/C15H16FN3O2/c16-12-4-10(5-13(6-12)19(20)21)7-18-8-11-2-1-3-15(17)14(11)9-18/h4-6,8-9,15H,1-3,7,17H2. The second kappa shape index (κ2) is 5.29. The molecule has 2 N–H and O–H groups in total. The van der Waals surface area contributed by atoms with E-state index in [0.717, 1.165) is 30.9 Å². The smallest absolute Gasteiger partial charge is 0.272 e. The number of nitro benzene ring substituents is 1.